The van der Waals surface area contributed by atoms with Gasteiger partial charge in [0.25, 0.3) is 0 Å². The summed E-state index contributed by atoms with van der Waals surface area (Å²) in [6.07, 6.45) is 0.892. The molecular weight excluding hydrogens is 292 g/mol. The van der Waals surface area contributed by atoms with Crippen LogP contribution in [0.2, 0.25) is 0 Å². The maximum absolute atomic E-state index is 13.7. The van der Waals surface area contributed by atoms with Gasteiger partial charge >= 0.3 is 0 Å². The largest absolute Gasteiger partial charge is 0.389 e. The minimum absolute atomic E-state index is 0.168. The Bertz CT molecular complexity index is 457. The van der Waals surface area contributed by atoms with E-state index in [1.807, 2.05) is 4.90 Å². The highest BCUT2D eigenvalue weighted by molar-refractivity contribution is 5.18. The minimum atomic E-state index is -0.708. The summed E-state index contributed by atoms with van der Waals surface area (Å²) in [7, 11) is 1.57. The number of halogens is 2. The molecule has 0 saturated carbocycles. The molecule has 0 aliphatic carbocycles. The number of hydrogen-bond acceptors (Lipinski definition) is 4. The van der Waals surface area contributed by atoms with E-state index in [0.717, 1.165) is 6.07 Å². The molecule has 1 aromatic carbocycles. The van der Waals surface area contributed by atoms with Crippen molar-refractivity contribution in [1.82, 2.24) is 4.90 Å². The van der Waals surface area contributed by atoms with Crippen molar-refractivity contribution in [2.75, 3.05) is 40.0 Å². The highest BCUT2D eigenvalue weighted by atomic mass is 19.1. The maximum Gasteiger partial charge on any atom is 0.130 e. The predicted octanol–water partition coefficient (Wildman–Crippen LogP) is 1.98. The molecule has 1 aromatic rings. The highest BCUT2D eigenvalue weighted by Crippen LogP contribution is 2.12. The van der Waals surface area contributed by atoms with Crippen LogP contribution in [0.1, 0.15) is 5.56 Å². The number of benzene rings is 1. The third kappa shape index (κ3) is 7.09. The summed E-state index contributed by atoms with van der Waals surface area (Å²) < 4.78 is 36.9. The first-order valence-electron chi connectivity index (χ1n) is 7.08. The second kappa shape index (κ2) is 10.4. The maximum atomic E-state index is 13.7. The number of methoxy groups -OCH3 is 1. The van der Waals surface area contributed by atoms with Gasteiger partial charge in [-0.2, -0.15) is 0 Å². The van der Waals surface area contributed by atoms with E-state index in [-0.39, 0.29) is 13.2 Å². The van der Waals surface area contributed by atoms with Crippen LogP contribution in [-0.2, 0) is 16.0 Å². The lowest BCUT2D eigenvalue weighted by atomic mass is 10.2. The Balaban J connectivity index is 2.60. The fraction of sp³-hybridized carbons (Fsp3) is 0.500. The molecule has 1 N–H and O–H groups in total. The van der Waals surface area contributed by atoms with Crippen LogP contribution in [0, 0.1) is 11.6 Å². The van der Waals surface area contributed by atoms with Crippen molar-refractivity contribution in [3.05, 3.63) is 48.1 Å². The van der Waals surface area contributed by atoms with Crippen LogP contribution >= 0.6 is 0 Å². The molecule has 0 saturated heterocycles. The molecule has 0 aromatic heterocycles. The molecule has 0 radical (unpaired) electrons. The van der Waals surface area contributed by atoms with Crippen LogP contribution in [0.25, 0.3) is 0 Å². The van der Waals surface area contributed by atoms with E-state index >= 15 is 0 Å². The van der Waals surface area contributed by atoms with Gasteiger partial charge in [0.05, 0.1) is 25.9 Å². The Hall–Kier alpha value is -1.34. The molecule has 0 bridgehead atoms. The van der Waals surface area contributed by atoms with Gasteiger partial charge < -0.3 is 14.6 Å². The molecule has 0 fully saturated rings. The minimum Gasteiger partial charge on any atom is -0.389 e. The van der Waals surface area contributed by atoms with Crippen LogP contribution in [0.3, 0.4) is 0 Å². The number of nitrogens with zero attached hydrogens (tertiary/aromatic N) is 1. The first kappa shape index (κ1) is 18.7. The smallest absolute Gasteiger partial charge is 0.130 e. The molecular formula is C16H23F2NO3. The van der Waals surface area contributed by atoms with Gasteiger partial charge in [0.1, 0.15) is 11.6 Å². The van der Waals surface area contributed by atoms with Gasteiger partial charge in [-0.25, -0.2) is 8.78 Å². The van der Waals surface area contributed by atoms with Crippen LogP contribution in [0.4, 0.5) is 8.78 Å². The van der Waals surface area contributed by atoms with Gasteiger partial charge in [-0.1, -0.05) is 12.1 Å². The van der Waals surface area contributed by atoms with Crippen LogP contribution in [0.5, 0.6) is 0 Å². The quantitative estimate of drug-likeness (QED) is 0.501. The lowest BCUT2D eigenvalue weighted by Crippen LogP contribution is -2.36. The lowest BCUT2D eigenvalue weighted by molar-refractivity contribution is 0.0192. The van der Waals surface area contributed by atoms with E-state index in [1.165, 1.54) is 12.1 Å². The zero-order valence-corrected chi connectivity index (χ0v) is 12.8. The zero-order valence-electron chi connectivity index (χ0n) is 12.8. The fourth-order valence-corrected chi connectivity index (χ4v) is 1.98. The Labute approximate surface area is 130 Å². The molecule has 1 atom stereocenters. The zero-order chi connectivity index (χ0) is 16.4. The molecule has 0 aliphatic rings. The van der Waals surface area contributed by atoms with Gasteiger partial charge in [-0.3, -0.25) is 4.90 Å². The molecule has 0 amide bonds. The molecule has 22 heavy (non-hydrogen) atoms. The topological polar surface area (TPSA) is 41.9 Å². The van der Waals surface area contributed by atoms with E-state index in [1.54, 1.807) is 13.2 Å². The lowest BCUT2D eigenvalue weighted by Gasteiger charge is -2.25. The van der Waals surface area contributed by atoms with Crippen molar-refractivity contribution < 1.29 is 23.4 Å². The van der Waals surface area contributed by atoms with Crippen LogP contribution < -0.4 is 0 Å². The first-order valence-corrected chi connectivity index (χ1v) is 7.08. The average molecular weight is 315 g/mol. The molecule has 1 rings (SSSR count). The summed E-state index contributed by atoms with van der Waals surface area (Å²) in [4.78, 5) is 1.84. The van der Waals surface area contributed by atoms with Crippen molar-refractivity contribution >= 4 is 0 Å². The Morgan fingerprint density at radius 3 is 2.82 bits per heavy atom. The van der Waals surface area contributed by atoms with Crippen molar-refractivity contribution in [3.8, 4) is 0 Å². The Morgan fingerprint density at radius 2 is 2.18 bits per heavy atom. The van der Waals surface area contributed by atoms with E-state index in [9.17, 15) is 13.9 Å². The number of ether oxygens (including phenoxy) is 2. The Kier molecular flexibility index (Phi) is 8.84. The van der Waals surface area contributed by atoms with Gasteiger partial charge in [-0.15, -0.1) is 6.58 Å². The predicted molar refractivity (Wildman–Crippen MR) is 80.5 cm³/mol. The summed E-state index contributed by atoms with van der Waals surface area (Å²) in [6, 6.07) is 3.48. The van der Waals surface area contributed by atoms with Crippen LogP contribution in [0.15, 0.2) is 30.9 Å². The normalized spacial score (nSPS) is 12.6. The summed E-state index contributed by atoms with van der Waals surface area (Å²) in [5.41, 5.74) is 0.372. The second-order valence-corrected chi connectivity index (χ2v) is 4.94. The standard InChI is InChI=1S/C16H23F2NO3/c1-3-7-22-12-15(20)11-19(6-8-21-2)10-13-4-5-14(17)9-16(13)18/h3-5,9,15,20H,1,6-8,10-12H2,2H3/t15-/m1/s1. The van der Waals surface area contributed by atoms with Gasteiger partial charge in [0.15, 0.2) is 0 Å². The summed E-state index contributed by atoms with van der Waals surface area (Å²) in [5.74, 6) is -1.21. The van der Waals surface area contributed by atoms with Crippen molar-refractivity contribution in [2.45, 2.75) is 12.6 Å². The number of rotatable bonds is 11. The molecule has 0 spiro atoms. The monoisotopic (exact) mass is 315 g/mol. The molecule has 0 unspecified atom stereocenters. The third-order valence-electron chi connectivity index (χ3n) is 3.04. The average Bonchev–Trinajstić information content (AvgIpc) is 2.47. The summed E-state index contributed by atoms with van der Waals surface area (Å²) >= 11 is 0. The van der Waals surface area contributed by atoms with Crippen molar-refractivity contribution in [2.24, 2.45) is 0 Å². The van der Waals surface area contributed by atoms with Crippen LogP contribution in [-0.4, -0.2) is 56.1 Å². The second-order valence-electron chi connectivity index (χ2n) is 4.94. The van der Waals surface area contributed by atoms with E-state index < -0.39 is 17.7 Å². The molecule has 0 aliphatic heterocycles. The molecule has 0 heterocycles. The van der Waals surface area contributed by atoms with Gasteiger partial charge in [0.2, 0.25) is 0 Å². The third-order valence-corrected chi connectivity index (χ3v) is 3.04. The van der Waals surface area contributed by atoms with Crippen molar-refractivity contribution in [3.63, 3.8) is 0 Å². The molecule has 6 heteroatoms. The van der Waals surface area contributed by atoms with Gasteiger partial charge in [0, 0.05) is 38.4 Å². The van der Waals surface area contributed by atoms with E-state index in [0.29, 0.717) is 31.9 Å². The SMILES string of the molecule is C=CCOC[C@H](O)CN(CCOC)Cc1ccc(F)cc1F. The first-order chi connectivity index (χ1) is 10.6. The summed E-state index contributed by atoms with van der Waals surface area (Å²) in [6.45, 7) is 5.58. The highest BCUT2D eigenvalue weighted by Gasteiger charge is 2.14. The summed E-state index contributed by atoms with van der Waals surface area (Å²) in [5, 5.41) is 9.94. The van der Waals surface area contributed by atoms with Gasteiger partial charge in [-0.05, 0) is 6.07 Å². The van der Waals surface area contributed by atoms with E-state index in [2.05, 4.69) is 6.58 Å². The number of aliphatic hydroxyl groups is 1. The number of hydrogen-bond donors (Lipinski definition) is 1. The number of aliphatic hydroxyl groups excluding tert-OH is 1. The molecule has 124 valence electrons. The fourth-order valence-electron chi connectivity index (χ4n) is 1.98. The van der Waals surface area contributed by atoms with Crippen molar-refractivity contribution in [1.29, 1.82) is 0 Å². The van der Waals surface area contributed by atoms with E-state index in [4.69, 9.17) is 9.47 Å². The Morgan fingerprint density at radius 1 is 1.41 bits per heavy atom. The molecule has 4 nitrogen and oxygen atoms in total.